The van der Waals surface area contributed by atoms with E-state index < -0.39 is 0 Å². The molecule has 0 unspecified atom stereocenters. The SMILES string of the molecule is COc1ccc(N2CCN(C(=O)NC3CCCC3)CC2)cc1Cl. The summed E-state index contributed by atoms with van der Waals surface area (Å²) in [6.07, 6.45) is 4.71. The normalized spacial score (nSPS) is 19.0. The number of hydrogen-bond acceptors (Lipinski definition) is 3. The van der Waals surface area contributed by atoms with Gasteiger partial charge in [0.2, 0.25) is 0 Å². The van der Waals surface area contributed by atoms with E-state index in [2.05, 4.69) is 10.2 Å². The first-order chi connectivity index (χ1) is 11.2. The van der Waals surface area contributed by atoms with Gasteiger partial charge in [0.25, 0.3) is 0 Å². The lowest BCUT2D eigenvalue weighted by Gasteiger charge is -2.36. The lowest BCUT2D eigenvalue weighted by molar-refractivity contribution is 0.190. The lowest BCUT2D eigenvalue weighted by Crippen LogP contribution is -2.53. The molecule has 2 aliphatic rings. The van der Waals surface area contributed by atoms with Crippen LogP contribution in [-0.2, 0) is 0 Å². The molecule has 6 heteroatoms. The molecule has 1 aromatic rings. The van der Waals surface area contributed by atoms with Gasteiger partial charge < -0.3 is 19.9 Å². The number of urea groups is 1. The molecule has 0 bridgehead atoms. The van der Waals surface area contributed by atoms with Gasteiger partial charge in [-0.2, -0.15) is 0 Å². The summed E-state index contributed by atoms with van der Waals surface area (Å²) in [5.74, 6) is 0.685. The van der Waals surface area contributed by atoms with Crippen molar-refractivity contribution in [3.63, 3.8) is 0 Å². The highest BCUT2D eigenvalue weighted by atomic mass is 35.5. The highest BCUT2D eigenvalue weighted by Gasteiger charge is 2.24. The summed E-state index contributed by atoms with van der Waals surface area (Å²) in [5, 5.41) is 3.78. The van der Waals surface area contributed by atoms with Gasteiger partial charge in [-0.15, -0.1) is 0 Å². The van der Waals surface area contributed by atoms with E-state index in [4.69, 9.17) is 16.3 Å². The zero-order valence-corrected chi connectivity index (χ0v) is 14.3. The lowest BCUT2D eigenvalue weighted by atomic mass is 10.2. The maximum Gasteiger partial charge on any atom is 0.317 e. The molecule has 126 valence electrons. The van der Waals surface area contributed by atoms with E-state index >= 15 is 0 Å². The number of anilines is 1. The minimum atomic E-state index is 0.0873. The summed E-state index contributed by atoms with van der Waals surface area (Å²) in [4.78, 5) is 16.5. The third kappa shape index (κ3) is 3.83. The van der Waals surface area contributed by atoms with Gasteiger partial charge in [0.1, 0.15) is 5.75 Å². The third-order valence-electron chi connectivity index (χ3n) is 4.75. The second kappa shape index (κ2) is 7.30. The average Bonchev–Trinajstić information content (AvgIpc) is 3.08. The number of ether oxygens (including phenoxy) is 1. The number of piperazine rings is 1. The summed E-state index contributed by atoms with van der Waals surface area (Å²) in [6.45, 7) is 3.12. The molecule has 3 rings (SSSR count). The van der Waals surface area contributed by atoms with Crippen LogP contribution in [0.4, 0.5) is 10.5 Å². The van der Waals surface area contributed by atoms with Crippen molar-refractivity contribution in [1.82, 2.24) is 10.2 Å². The van der Waals surface area contributed by atoms with Gasteiger partial charge >= 0.3 is 6.03 Å². The number of nitrogens with zero attached hydrogens (tertiary/aromatic N) is 2. The molecule has 1 heterocycles. The third-order valence-corrected chi connectivity index (χ3v) is 5.05. The molecule has 0 radical (unpaired) electrons. The molecule has 1 saturated carbocycles. The van der Waals surface area contributed by atoms with E-state index in [1.807, 2.05) is 23.1 Å². The fourth-order valence-electron chi connectivity index (χ4n) is 3.36. The molecule has 2 fully saturated rings. The first-order valence-corrected chi connectivity index (χ1v) is 8.69. The van der Waals surface area contributed by atoms with E-state index in [9.17, 15) is 4.79 Å². The standard InChI is InChI=1S/C17H24ClN3O2/c1-23-16-7-6-14(12-15(16)18)20-8-10-21(11-9-20)17(22)19-13-4-2-3-5-13/h6-7,12-13H,2-5,8-11H2,1H3,(H,19,22). The van der Waals surface area contributed by atoms with Crippen LogP contribution in [0.5, 0.6) is 5.75 Å². The van der Waals surface area contributed by atoms with E-state index in [1.165, 1.54) is 12.8 Å². The van der Waals surface area contributed by atoms with Crippen LogP contribution in [0, 0.1) is 0 Å². The Morgan fingerprint density at radius 1 is 1.22 bits per heavy atom. The molecule has 1 saturated heterocycles. The number of amides is 2. The molecule has 1 aliphatic heterocycles. The van der Waals surface area contributed by atoms with E-state index in [0.717, 1.165) is 44.7 Å². The first kappa shape index (κ1) is 16.2. The number of rotatable bonds is 3. The van der Waals surface area contributed by atoms with Crippen molar-refractivity contribution in [2.75, 3.05) is 38.2 Å². The second-order valence-corrected chi connectivity index (χ2v) is 6.63. The van der Waals surface area contributed by atoms with Crippen molar-refractivity contribution < 1.29 is 9.53 Å². The van der Waals surface area contributed by atoms with Crippen LogP contribution >= 0.6 is 11.6 Å². The number of halogens is 1. The Kier molecular flexibility index (Phi) is 5.16. The van der Waals surface area contributed by atoms with Crippen molar-refractivity contribution in [3.05, 3.63) is 23.2 Å². The minimum absolute atomic E-state index is 0.0873. The van der Waals surface area contributed by atoms with Gasteiger partial charge in [0, 0.05) is 37.9 Å². The Labute approximate surface area is 142 Å². The Bertz CT molecular complexity index is 553. The number of benzene rings is 1. The molecular formula is C17H24ClN3O2. The summed E-state index contributed by atoms with van der Waals surface area (Å²) >= 11 is 6.20. The number of carbonyl (C=O) groups is 1. The highest BCUT2D eigenvalue weighted by molar-refractivity contribution is 6.32. The smallest absolute Gasteiger partial charge is 0.317 e. The fraction of sp³-hybridized carbons (Fsp3) is 0.588. The van der Waals surface area contributed by atoms with Crippen molar-refractivity contribution in [2.24, 2.45) is 0 Å². The van der Waals surface area contributed by atoms with Crippen molar-refractivity contribution in [3.8, 4) is 5.75 Å². The summed E-state index contributed by atoms with van der Waals surface area (Å²) < 4.78 is 5.19. The summed E-state index contributed by atoms with van der Waals surface area (Å²) in [7, 11) is 1.61. The topological polar surface area (TPSA) is 44.8 Å². The molecule has 23 heavy (non-hydrogen) atoms. The predicted molar refractivity (Wildman–Crippen MR) is 92.6 cm³/mol. The number of carbonyl (C=O) groups excluding carboxylic acids is 1. The second-order valence-electron chi connectivity index (χ2n) is 6.22. The fourth-order valence-corrected chi connectivity index (χ4v) is 3.61. The maximum atomic E-state index is 12.3. The van der Waals surface area contributed by atoms with E-state index in [0.29, 0.717) is 16.8 Å². The Balaban J connectivity index is 1.53. The van der Waals surface area contributed by atoms with Crippen LogP contribution in [0.2, 0.25) is 5.02 Å². The quantitative estimate of drug-likeness (QED) is 0.921. The Hall–Kier alpha value is -1.62. The van der Waals surface area contributed by atoms with Crippen molar-refractivity contribution in [2.45, 2.75) is 31.7 Å². The minimum Gasteiger partial charge on any atom is -0.495 e. The average molecular weight is 338 g/mol. The summed E-state index contributed by atoms with van der Waals surface area (Å²) in [6, 6.07) is 6.29. The number of hydrogen-bond donors (Lipinski definition) is 1. The Morgan fingerprint density at radius 2 is 1.91 bits per heavy atom. The number of methoxy groups -OCH3 is 1. The van der Waals surface area contributed by atoms with Crippen molar-refractivity contribution >= 4 is 23.3 Å². The van der Waals surface area contributed by atoms with Gasteiger partial charge in [0.15, 0.2) is 0 Å². The van der Waals surface area contributed by atoms with Crippen LogP contribution in [-0.4, -0.2) is 50.3 Å². The zero-order valence-electron chi connectivity index (χ0n) is 13.6. The van der Waals surface area contributed by atoms with Crippen LogP contribution in [0.15, 0.2) is 18.2 Å². The van der Waals surface area contributed by atoms with Gasteiger partial charge in [-0.3, -0.25) is 0 Å². The van der Waals surface area contributed by atoms with Gasteiger partial charge in [-0.1, -0.05) is 24.4 Å². The monoisotopic (exact) mass is 337 g/mol. The van der Waals surface area contributed by atoms with Gasteiger partial charge in [0.05, 0.1) is 12.1 Å². The van der Waals surface area contributed by atoms with Crippen LogP contribution in [0.1, 0.15) is 25.7 Å². The zero-order chi connectivity index (χ0) is 16.2. The molecule has 0 spiro atoms. The molecule has 5 nitrogen and oxygen atoms in total. The van der Waals surface area contributed by atoms with Gasteiger partial charge in [-0.05, 0) is 31.0 Å². The molecule has 0 atom stereocenters. The van der Waals surface area contributed by atoms with Crippen LogP contribution < -0.4 is 15.0 Å². The van der Waals surface area contributed by atoms with Crippen LogP contribution in [0.3, 0.4) is 0 Å². The molecule has 1 aromatic carbocycles. The molecule has 2 amide bonds. The van der Waals surface area contributed by atoms with Crippen LogP contribution in [0.25, 0.3) is 0 Å². The van der Waals surface area contributed by atoms with E-state index in [-0.39, 0.29) is 6.03 Å². The highest BCUT2D eigenvalue weighted by Crippen LogP contribution is 2.29. The molecular weight excluding hydrogens is 314 g/mol. The Morgan fingerprint density at radius 3 is 2.52 bits per heavy atom. The first-order valence-electron chi connectivity index (χ1n) is 8.31. The molecule has 1 aliphatic carbocycles. The predicted octanol–water partition coefficient (Wildman–Crippen LogP) is 3.12. The molecule has 1 N–H and O–H groups in total. The summed E-state index contributed by atoms with van der Waals surface area (Å²) in [5.41, 5.74) is 1.08. The maximum absolute atomic E-state index is 12.3. The number of nitrogens with one attached hydrogen (secondary N) is 1. The van der Waals surface area contributed by atoms with E-state index in [1.54, 1.807) is 7.11 Å². The molecule has 0 aromatic heterocycles. The largest absolute Gasteiger partial charge is 0.495 e. The van der Waals surface area contributed by atoms with Gasteiger partial charge in [-0.25, -0.2) is 4.79 Å². The van der Waals surface area contributed by atoms with Crippen molar-refractivity contribution in [1.29, 1.82) is 0 Å².